The Morgan fingerprint density at radius 3 is 2.59 bits per heavy atom. The van der Waals surface area contributed by atoms with Crippen LogP contribution in [0.4, 0.5) is 17.6 Å². The van der Waals surface area contributed by atoms with Gasteiger partial charge in [0.25, 0.3) is 5.91 Å². The predicted octanol–water partition coefficient (Wildman–Crippen LogP) is 1.39. The zero-order valence-electron chi connectivity index (χ0n) is 9.48. The van der Waals surface area contributed by atoms with Crippen LogP contribution in [0.25, 0.3) is 0 Å². The highest BCUT2D eigenvalue weighted by molar-refractivity contribution is 5.84. The van der Waals surface area contributed by atoms with E-state index in [9.17, 15) is 22.4 Å². The van der Waals surface area contributed by atoms with E-state index in [1.807, 2.05) is 5.32 Å². The highest BCUT2D eigenvalue weighted by Gasteiger charge is 2.49. The van der Waals surface area contributed by atoms with Crippen molar-refractivity contribution in [1.82, 2.24) is 10.6 Å². The molecule has 1 aliphatic heterocycles. The minimum absolute atomic E-state index is 0.00109. The van der Waals surface area contributed by atoms with Gasteiger partial charge in [0.2, 0.25) is 0 Å². The first-order valence-corrected chi connectivity index (χ1v) is 5.53. The van der Waals surface area contributed by atoms with Crippen molar-refractivity contribution in [1.29, 1.82) is 0 Å². The number of nitrogens with one attached hydrogen (secondary N) is 2. The Morgan fingerprint density at radius 1 is 1.47 bits per heavy atom. The second kappa shape index (κ2) is 5.66. The van der Waals surface area contributed by atoms with Gasteiger partial charge in [0.1, 0.15) is 0 Å². The lowest BCUT2D eigenvalue weighted by molar-refractivity contribution is -0.170. The maximum atomic E-state index is 12.7. The van der Waals surface area contributed by atoms with Crippen molar-refractivity contribution >= 4 is 5.91 Å². The maximum Gasteiger partial charge on any atom is 0.383 e. The van der Waals surface area contributed by atoms with Gasteiger partial charge in [-0.1, -0.05) is 0 Å². The molecule has 0 radical (unpaired) electrons. The minimum Gasteiger partial charge on any atom is -0.348 e. The lowest BCUT2D eigenvalue weighted by atomic mass is 9.92. The fourth-order valence-electron chi connectivity index (χ4n) is 1.83. The van der Waals surface area contributed by atoms with Crippen molar-refractivity contribution in [3.63, 3.8) is 0 Å². The number of hydrogen-bond donors (Lipinski definition) is 2. The van der Waals surface area contributed by atoms with Crippen molar-refractivity contribution in [2.75, 3.05) is 13.1 Å². The van der Waals surface area contributed by atoms with E-state index in [0.29, 0.717) is 6.54 Å². The molecule has 7 heteroatoms. The highest BCUT2D eigenvalue weighted by Crippen LogP contribution is 2.24. The fourth-order valence-corrected chi connectivity index (χ4v) is 1.83. The zero-order chi connectivity index (χ0) is 13.1. The Labute approximate surface area is 96.9 Å². The molecule has 2 atom stereocenters. The molecule has 1 heterocycles. The molecule has 2 N–H and O–H groups in total. The molecular formula is C10H16F4N2O. The van der Waals surface area contributed by atoms with E-state index in [0.717, 1.165) is 19.4 Å². The minimum atomic E-state index is -4.61. The Bertz CT molecular complexity index is 267. The summed E-state index contributed by atoms with van der Waals surface area (Å²) in [4.78, 5) is 11.0. The third-order valence-corrected chi connectivity index (χ3v) is 2.98. The van der Waals surface area contributed by atoms with Crippen molar-refractivity contribution in [2.24, 2.45) is 5.92 Å². The first-order valence-electron chi connectivity index (χ1n) is 5.53. The van der Waals surface area contributed by atoms with Gasteiger partial charge in [0.15, 0.2) is 0 Å². The lowest BCUT2D eigenvalue weighted by Crippen LogP contribution is -2.52. The lowest BCUT2D eigenvalue weighted by Gasteiger charge is -2.29. The summed E-state index contributed by atoms with van der Waals surface area (Å²) in [7, 11) is 0. The second-order valence-corrected chi connectivity index (χ2v) is 4.29. The van der Waals surface area contributed by atoms with Crippen LogP contribution in [0, 0.1) is 5.92 Å². The van der Waals surface area contributed by atoms with Gasteiger partial charge in [-0.15, -0.1) is 0 Å². The smallest absolute Gasteiger partial charge is 0.348 e. The van der Waals surface area contributed by atoms with Gasteiger partial charge in [-0.05, 0) is 38.8 Å². The number of alkyl halides is 4. The molecule has 0 spiro atoms. The third-order valence-electron chi connectivity index (χ3n) is 2.98. The summed E-state index contributed by atoms with van der Waals surface area (Å²) < 4.78 is 49.2. The topological polar surface area (TPSA) is 41.1 Å². The van der Waals surface area contributed by atoms with Gasteiger partial charge in [-0.2, -0.15) is 8.78 Å². The Kier molecular flexibility index (Phi) is 4.73. The van der Waals surface area contributed by atoms with E-state index in [1.165, 1.54) is 0 Å². The van der Waals surface area contributed by atoms with Crippen LogP contribution in [-0.2, 0) is 4.79 Å². The molecule has 1 amide bonds. The van der Waals surface area contributed by atoms with Gasteiger partial charge in [-0.25, -0.2) is 8.78 Å². The first kappa shape index (κ1) is 14.2. The summed E-state index contributed by atoms with van der Waals surface area (Å²) in [5.74, 6) is -6.51. The van der Waals surface area contributed by atoms with Crippen molar-refractivity contribution in [3.8, 4) is 0 Å². The van der Waals surface area contributed by atoms with Gasteiger partial charge in [-0.3, -0.25) is 4.79 Å². The Balaban J connectivity index is 2.50. The van der Waals surface area contributed by atoms with Gasteiger partial charge in [0, 0.05) is 6.04 Å². The average molecular weight is 256 g/mol. The number of carbonyl (C=O) groups excluding carboxylic acids is 1. The SMILES string of the molecule is CC(NC(=O)C(F)(F)C(F)F)C1CCCNC1. The van der Waals surface area contributed by atoms with E-state index in [2.05, 4.69) is 5.32 Å². The van der Waals surface area contributed by atoms with E-state index in [-0.39, 0.29) is 5.92 Å². The molecule has 1 saturated heterocycles. The van der Waals surface area contributed by atoms with Crippen LogP contribution in [0.15, 0.2) is 0 Å². The van der Waals surface area contributed by atoms with Crippen LogP contribution < -0.4 is 10.6 Å². The van der Waals surface area contributed by atoms with Gasteiger partial charge < -0.3 is 10.6 Å². The zero-order valence-corrected chi connectivity index (χ0v) is 9.48. The summed E-state index contributed by atoms with van der Waals surface area (Å²) in [6.07, 6.45) is -2.30. The number of hydrogen-bond acceptors (Lipinski definition) is 2. The Hall–Kier alpha value is -0.850. The number of halogens is 4. The molecule has 100 valence electrons. The molecule has 1 fully saturated rings. The molecule has 0 aromatic rings. The molecule has 0 aliphatic carbocycles. The molecule has 0 aromatic heterocycles. The molecule has 1 rings (SSSR count). The van der Waals surface area contributed by atoms with E-state index >= 15 is 0 Å². The van der Waals surface area contributed by atoms with Gasteiger partial charge >= 0.3 is 12.3 Å². The molecule has 2 unspecified atom stereocenters. The first-order chi connectivity index (χ1) is 7.85. The predicted molar refractivity (Wildman–Crippen MR) is 54.1 cm³/mol. The normalized spacial score (nSPS) is 23.5. The number of amides is 1. The quantitative estimate of drug-likeness (QED) is 0.746. The van der Waals surface area contributed by atoms with Crippen LogP contribution in [0.2, 0.25) is 0 Å². The van der Waals surface area contributed by atoms with Crippen LogP contribution in [0.5, 0.6) is 0 Å². The summed E-state index contributed by atoms with van der Waals surface area (Å²) in [5, 5.41) is 5.03. The summed E-state index contributed by atoms with van der Waals surface area (Å²) >= 11 is 0. The molecule has 0 aromatic carbocycles. The third kappa shape index (κ3) is 3.55. The van der Waals surface area contributed by atoms with E-state index in [4.69, 9.17) is 0 Å². The van der Waals surface area contributed by atoms with Gasteiger partial charge in [0.05, 0.1) is 0 Å². The van der Waals surface area contributed by atoms with E-state index in [1.54, 1.807) is 6.92 Å². The van der Waals surface area contributed by atoms with Crippen LogP contribution in [0.3, 0.4) is 0 Å². The standard InChI is InChI=1S/C10H16F4N2O/c1-6(7-3-2-4-15-5-7)16-9(17)10(13,14)8(11)12/h6-8,15H,2-5H2,1H3,(H,16,17). The van der Waals surface area contributed by atoms with Crippen LogP contribution >= 0.6 is 0 Å². The van der Waals surface area contributed by atoms with E-state index < -0.39 is 24.3 Å². The van der Waals surface area contributed by atoms with Crippen molar-refractivity contribution in [2.45, 2.75) is 38.2 Å². The Morgan fingerprint density at radius 2 is 2.12 bits per heavy atom. The summed E-state index contributed by atoms with van der Waals surface area (Å²) in [6, 6.07) is -0.542. The molecule has 0 bridgehead atoms. The summed E-state index contributed by atoms with van der Waals surface area (Å²) in [6.45, 7) is 3.00. The fraction of sp³-hybridized carbons (Fsp3) is 0.900. The molecular weight excluding hydrogens is 240 g/mol. The number of piperidine rings is 1. The second-order valence-electron chi connectivity index (χ2n) is 4.29. The number of carbonyl (C=O) groups is 1. The average Bonchev–Trinajstić information content (AvgIpc) is 2.29. The largest absolute Gasteiger partial charge is 0.383 e. The van der Waals surface area contributed by atoms with Crippen molar-refractivity contribution < 1.29 is 22.4 Å². The monoisotopic (exact) mass is 256 g/mol. The van der Waals surface area contributed by atoms with Crippen molar-refractivity contribution in [3.05, 3.63) is 0 Å². The molecule has 0 saturated carbocycles. The summed E-state index contributed by atoms with van der Waals surface area (Å²) in [5.41, 5.74) is 0. The molecule has 17 heavy (non-hydrogen) atoms. The maximum absolute atomic E-state index is 12.7. The molecule has 1 aliphatic rings. The van der Waals surface area contributed by atoms with Crippen LogP contribution in [-0.4, -0.2) is 37.4 Å². The number of rotatable bonds is 4. The molecule has 3 nitrogen and oxygen atoms in total. The van der Waals surface area contributed by atoms with Crippen LogP contribution in [0.1, 0.15) is 19.8 Å². The highest BCUT2D eigenvalue weighted by atomic mass is 19.3.